The third-order valence-electron chi connectivity index (χ3n) is 8.24. The molecule has 2 aromatic rings. The predicted molar refractivity (Wildman–Crippen MR) is 137 cm³/mol. The largest absolute Gasteiger partial charge is 0.383 e. The van der Waals surface area contributed by atoms with Crippen LogP contribution in [0.3, 0.4) is 0 Å². The van der Waals surface area contributed by atoms with E-state index < -0.39 is 0 Å². The van der Waals surface area contributed by atoms with Crippen LogP contribution in [0.5, 0.6) is 0 Å². The summed E-state index contributed by atoms with van der Waals surface area (Å²) in [6.07, 6.45) is 6.92. The molecule has 1 N–H and O–H groups in total. The van der Waals surface area contributed by atoms with Gasteiger partial charge in [0.1, 0.15) is 0 Å². The highest BCUT2D eigenvalue weighted by Crippen LogP contribution is 2.42. The van der Waals surface area contributed by atoms with Crippen LogP contribution in [0, 0.1) is 6.92 Å². The van der Waals surface area contributed by atoms with Gasteiger partial charge in [-0.25, -0.2) is 4.79 Å². The Hall–Kier alpha value is -2.37. The zero-order valence-corrected chi connectivity index (χ0v) is 20.7. The molecule has 2 saturated heterocycles. The first-order valence-corrected chi connectivity index (χ1v) is 13.1. The Bertz CT molecular complexity index is 970. The quantitative estimate of drug-likeness (QED) is 0.666. The van der Waals surface area contributed by atoms with E-state index >= 15 is 0 Å². The normalized spacial score (nSPS) is 25.8. The van der Waals surface area contributed by atoms with Gasteiger partial charge in [0.2, 0.25) is 0 Å². The summed E-state index contributed by atoms with van der Waals surface area (Å²) in [4.78, 5) is 17.8. The molecule has 3 atom stereocenters. The minimum absolute atomic E-state index is 0.137. The van der Waals surface area contributed by atoms with Crippen molar-refractivity contribution in [3.05, 3.63) is 59.7 Å². The Morgan fingerprint density at radius 2 is 1.74 bits per heavy atom. The lowest BCUT2D eigenvalue weighted by Crippen LogP contribution is -2.68. The standard InChI is InChI=1S/C29H39N3O2/c1-21-9-3-6-12-25(21)22-13-15-23(16-14-22)28-26-19-31(29(33)30-24-10-4-5-11-24)17-7-8-18-32(26)27(28)20-34-2/h3,6,9,12-16,24,26-28H,4-5,7-8,10-11,17-20H2,1-2H3,(H,30,33)/t26-,27-,28-/m0/s1. The lowest BCUT2D eigenvalue weighted by molar-refractivity contribution is -0.0668. The van der Waals surface area contributed by atoms with E-state index in [1.54, 1.807) is 7.11 Å². The highest BCUT2D eigenvalue weighted by Gasteiger charge is 2.49. The van der Waals surface area contributed by atoms with Gasteiger partial charge in [-0.05, 0) is 61.4 Å². The molecular weight excluding hydrogens is 422 g/mol. The number of benzene rings is 2. The highest BCUT2D eigenvalue weighted by molar-refractivity contribution is 5.74. The lowest BCUT2D eigenvalue weighted by Gasteiger charge is -2.57. The van der Waals surface area contributed by atoms with Crippen molar-refractivity contribution in [3.63, 3.8) is 0 Å². The second-order valence-electron chi connectivity index (χ2n) is 10.4. The van der Waals surface area contributed by atoms with E-state index in [1.807, 2.05) is 0 Å². The number of carbonyl (C=O) groups is 1. The molecule has 0 bridgehead atoms. The summed E-state index contributed by atoms with van der Waals surface area (Å²) in [7, 11) is 1.80. The van der Waals surface area contributed by atoms with Crippen molar-refractivity contribution in [1.82, 2.24) is 15.1 Å². The van der Waals surface area contributed by atoms with E-state index in [0.717, 1.165) is 51.9 Å². The molecule has 5 nitrogen and oxygen atoms in total. The number of carbonyl (C=O) groups excluding carboxylic acids is 1. The SMILES string of the molecule is COC[C@H]1[C@@H](c2ccc(-c3ccccc3C)cc2)[C@@H]2CN(C(=O)NC3CCCC3)CCCCN12. The first kappa shape index (κ1) is 23.4. The zero-order valence-electron chi connectivity index (χ0n) is 20.7. The highest BCUT2D eigenvalue weighted by atomic mass is 16.5. The minimum atomic E-state index is 0.137. The first-order chi connectivity index (χ1) is 16.7. The maximum atomic E-state index is 13.2. The smallest absolute Gasteiger partial charge is 0.317 e. The predicted octanol–water partition coefficient (Wildman–Crippen LogP) is 5.19. The van der Waals surface area contributed by atoms with Crippen molar-refractivity contribution in [1.29, 1.82) is 0 Å². The number of amides is 2. The Morgan fingerprint density at radius 1 is 1.00 bits per heavy atom. The van der Waals surface area contributed by atoms with Crippen LogP contribution in [0.2, 0.25) is 0 Å². The molecule has 2 amide bonds. The van der Waals surface area contributed by atoms with Crippen LogP contribution in [0.1, 0.15) is 55.6 Å². The van der Waals surface area contributed by atoms with Gasteiger partial charge in [0.15, 0.2) is 0 Å². The van der Waals surface area contributed by atoms with Crippen molar-refractivity contribution in [2.24, 2.45) is 0 Å². The van der Waals surface area contributed by atoms with Gasteiger partial charge >= 0.3 is 6.03 Å². The number of nitrogens with zero attached hydrogens (tertiary/aromatic N) is 2. The summed E-state index contributed by atoms with van der Waals surface area (Å²) < 4.78 is 5.66. The second-order valence-corrected chi connectivity index (χ2v) is 10.4. The van der Waals surface area contributed by atoms with Crippen molar-refractivity contribution < 1.29 is 9.53 Å². The van der Waals surface area contributed by atoms with E-state index in [-0.39, 0.29) is 6.03 Å². The van der Waals surface area contributed by atoms with Gasteiger partial charge in [-0.15, -0.1) is 0 Å². The number of aryl methyl sites for hydroxylation is 1. The van der Waals surface area contributed by atoms with Crippen LogP contribution in [-0.2, 0) is 4.74 Å². The van der Waals surface area contributed by atoms with Gasteiger partial charge in [-0.3, -0.25) is 4.90 Å². The minimum Gasteiger partial charge on any atom is -0.383 e. The van der Waals surface area contributed by atoms with Crippen molar-refractivity contribution in [2.75, 3.05) is 33.4 Å². The number of rotatable bonds is 5. The van der Waals surface area contributed by atoms with Crippen LogP contribution in [0.15, 0.2) is 48.5 Å². The number of methoxy groups -OCH3 is 1. The van der Waals surface area contributed by atoms with Crippen LogP contribution >= 0.6 is 0 Å². The molecule has 2 heterocycles. The summed E-state index contributed by atoms with van der Waals surface area (Å²) in [5, 5.41) is 3.32. The van der Waals surface area contributed by atoms with Crippen molar-refractivity contribution >= 4 is 6.03 Å². The third-order valence-corrected chi connectivity index (χ3v) is 8.24. The summed E-state index contributed by atoms with van der Waals surface area (Å²) in [5.74, 6) is 0.380. The molecule has 5 rings (SSSR count). The lowest BCUT2D eigenvalue weighted by atomic mass is 9.74. The monoisotopic (exact) mass is 461 g/mol. The number of ether oxygens (including phenoxy) is 1. The molecule has 34 heavy (non-hydrogen) atoms. The fourth-order valence-corrected chi connectivity index (χ4v) is 6.39. The van der Waals surface area contributed by atoms with E-state index in [9.17, 15) is 4.79 Å². The van der Waals surface area contributed by atoms with E-state index in [4.69, 9.17) is 4.74 Å². The van der Waals surface area contributed by atoms with Crippen LogP contribution in [0.4, 0.5) is 4.79 Å². The number of urea groups is 1. The number of nitrogens with one attached hydrogen (secondary N) is 1. The van der Waals surface area contributed by atoms with Crippen molar-refractivity contribution in [2.45, 2.75) is 69.5 Å². The molecule has 0 unspecified atom stereocenters. The van der Waals surface area contributed by atoms with Gasteiger partial charge in [0.05, 0.1) is 6.61 Å². The molecule has 2 aliphatic heterocycles. The van der Waals surface area contributed by atoms with E-state index in [0.29, 0.717) is 24.0 Å². The first-order valence-electron chi connectivity index (χ1n) is 13.1. The molecule has 0 aromatic heterocycles. The summed E-state index contributed by atoms with van der Waals surface area (Å²) >= 11 is 0. The maximum absolute atomic E-state index is 13.2. The fourth-order valence-electron chi connectivity index (χ4n) is 6.39. The molecule has 0 spiro atoms. The Labute approximate surface area is 204 Å². The molecule has 5 heteroatoms. The molecule has 1 saturated carbocycles. The summed E-state index contributed by atoms with van der Waals surface area (Å²) in [5.41, 5.74) is 5.21. The fraction of sp³-hybridized carbons (Fsp3) is 0.552. The summed E-state index contributed by atoms with van der Waals surface area (Å²) in [6.45, 7) is 5.64. The average Bonchev–Trinajstić information content (AvgIpc) is 3.34. The van der Waals surface area contributed by atoms with Gasteiger partial charge < -0.3 is 15.0 Å². The zero-order chi connectivity index (χ0) is 23.5. The van der Waals surface area contributed by atoms with Gasteiger partial charge in [0, 0.05) is 44.2 Å². The Balaban J connectivity index is 1.35. The molecule has 2 aromatic carbocycles. The summed E-state index contributed by atoms with van der Waals surface area (Å²) in [6, 6.07) is 18.9. The van der Waals surface area contributed by atoms with Crippen LogP contribution in [0.25, 0.3) is 11.1 Å². The van der Waals surface area contributed by atoms with Crippen molar-refractivity contribution in [3.8, 4) is 11.1 Å². The Morgan fingerprint density at radius 3 is 2.47 bits per heavy atom. The maximum Gasteiger partial charge on any atom is 0.317 e. The topological polar surface area (TPSA) is 44.8 Å². The van der Waals surface area contributed by atoms with Gasteiger partial charge in [-0.1, -0.05) is 61.4 Å². The molecule has 0 radical (unpaired) electrons. The number of hydrogen-bond acceptors (Lipinski definition) is 3. The Kier molecular flexibility index (Phi) is 7.21. The van der Waals surface area contributed by atoms with E-state index in [1.165, 1.54) is 35.1 Å². The number of hydrogen-bond donors (Lipinski definition) is 1. The van der Waals surface area contributed by atoms with Gasteiger partial charge in [-0.2, -0.15) is 0 Å². The average molecular weight is 462 g/mol. The molecule has 3 fully saturated rings. The van der Waals surface area contributed by atoms with Gasteiger partial charge in [0.25, 0.3) is 0 Å². The molecule has 1 aliphatic carbocycles. The molecule has 3 aliphatic rings. The third kappa shape index (κ3) is 4.73. The van der Waals surface area contributed by atoms with E-state index in [2.05, 4.69) is 70.6 Å². The molecular formula is C29H39N3O2. The van der Waals surface area contributed by atoms with Crippen LogP contribution < -0.4 is 5.32 Å². The van der Waals surface area contributed by atoms with Crippen LogP contribution in [-0.4, -0.2) is 67.3 Å². The molecule has 182 valence electrons. The number of fused-ring (bicyclic) bond motifs is 1. The second kappa shape index (κ2) is 10.5.